The normalized spacial score (nSPS) is 11.5. The lowest BCUT2D eigenvalue weighted by Crippen LogP contribution is -2.31. The Labute approximate surface area is 159 Å². The number of hydrogen-bond donors (Lipinski definition) is 2. The molecule has 0 saturated heterocycles. The molecule has 1 heterocycles. The molecule has 0 radical (unpaired) electrons. The van der Waals surface area contributed by atoms with Crippen LogP contribution in [0.3, 0.4) is 0 Å². The fraction of sp³-hybridized carbons (Fsp3) is 0.389. The molecule has 1 unspecified atom stereocenters. The van der Waals surface area contributed by atoms with Gasteiger partial charge in [-0.05, 0) is 30.2 Å². The molecule has 2 rings (SSSR count). The molecule has 0 spiro atoms. The monoisotopic (exact) mass is 386 g/mol. The van der Waals surface area contributed by atoms with E-state index in [0.717, 1.165) is 17.5 Å². The van der Waals surface area contributed by atoms with Gasteiger partial charge in [0.1, 0.15) is 6.61 Å². The van der Waals surface area contributed by atoms with Crippen LogP contribution in [0.4, 0.5) is 0 Å². The predicted octanol–water partition coefficient (Wildman–Crippen LogP) is 3.60. The van der Waals surface area contributed by atoms with Crippen LogP contribution in [0, 0.1) is 0 Å². The summed E-state index contributed by atoms with van der Waals surface area (Å²) in [5, 5.41) is 13.0. The Bertz CT molecular complexity index is 638. The zero-order valence-electron chi connectivity index (χ0n) is 14.4. The zero-order valence-corrected chi connectivity index (χ0v) is 15.9. The Balaban J connectivity index is 0.00000312. The number of hydrogen-bond acceptors (Lipinski definition) is 5. The maximum atomic E-state index is 9.24. The van der Waals surface area contributed by atoms with Crippen molar-refractivity contribution in [3.63, 3.8) is 0 Å². The summed E-state index contributed by atoms with van der Waals surface area (Å²) in [7, 11) is 1.59. The number of aliphatic hydroxyl groups is 1. The Hall–Kier alpha value is -1.53. The van der Waals surface area contributed by atoms with Gasteiger partial charge in [0.05, 0.1) is 18.7 Å². The van der Waals surface area contributed by atoms with Crippen LogP contribution in [-0.2, 0) is 13.2 Å². The number of methoxy groups -OCH3 is 1. The largest absolute Gasteiger partial charge is 0.493 e. The number of benzene rings is 1. The summed E-state index contributed by atoms with van der Waals surface area (Å²) >= 11 is 6.36. The summed E-state index contributed by atoms with van der Waals surface area (Å²) in [6.07, 6.45) is 4.32. The molecule has 25 heavy (non-hydrogen) atoms. The van der Waals surface area contributed by atoms with E-state index in [-0.39, 0.29) is 25.1 Å². The topological polar surface area (TPSA) is 63.6 Å². The fourth-order valence-electron chi connectivity index (χ4n) is 2.25. The number of pyridine rings is 1. The van der Waals surface area contributed by atoms with Crippen molar-refractivity contribution in [3.05, 3.63) is 52.8 Å². The smallest absolute Gasteiger partial charge is 0.180 e. The number of rotatable bonds is 9. The highest BCUT2D eigenvalue weighted by atomic mass is 35.5. The second-order valence-corrected chi connectivity index (χ2v) is 5.83. The van der Waals surface area contributed by atoms with Crippen molar-refractivity contribution in [2.45, 2.75) is 32.5 Å². The molecule has 0 amide bonds. The van der Waals surface area contributed by atoms with Gasteiger partial charge < -0.3 is 19.9 Å². The first-order valence-electron chi connectivity index (χ1n) is 7.90. The van der Waals surface area contributed by atoms with Crippen LogP contribution in [0.25, 0.3) is 0 Å². The van der Waals surface area contributed by atoms with Crippen LogP contribution in [0.2, 0.25) is 5.02 Å². The summed E-state index contributed by atoms with van der Waals surface area (Å²) in [4.78, 5) is 4.06. The highest BCUT2D eigenvalue weighted by molar-refractivity contribution is 6.32. The second kappa shape index (κ2) is 11.2. The quantitative estimate of drug-likeness (QED) is 0.688. The molecule has 0 aliphatic rings. The van der Waals surface area contributed by atoms with Gasteiger partial charge in [-0.2, -0.15) is 0 Å². The third kappa shape index (κ3) is 6.36. The van der Waals surface area contributed by atoms with Gasteiger partial charge in [0.25, 0.3) is 0 Å². The van der Waals surface area contributed by atoms with E-state index in [9.17, 15) is 5.11 Å². The summed E-state index contributed by atoms with van der Waals surface area (Å²) < 4.78 is 11.2. The van der Waals surface area contributed by atoms with Gasteiger partial charge in [-0.3, -0.25) is 4.98 Å². The molecule has 5 nitrogen and oxygen atoms in total. The zero-order chi connectivity index (χ0) is 17.4. The Morgan fingerprint density at radius 2 is 2.12 bits per heavy atom. The molecular weight excluding hydrogens is 363 g/mol. The van der Waals surface area contributed by atoms with Crippen molar-refractivity contribution in [2.75, 3.05) is 13.7 Å². The van der Waals surface area contributed by atoms with E-state index < -0.39 is 0 Å². The molecule has 1 aromatic carbocycles. The van der Waals surface area contributed by atoms with E-state index in [1.165, 1.54) is 0 Å². The number of ether oxygens (including phenoxy) is 2. The molecule has 7 heteroatoms. The molecule has 0 aliphatic heterocycles. The third-order valence-electron chi connectivity index (χ3n) is 3.70. The van der Waals surface area contributed by atoms with Gasteiger partial charge in [-0.25, -0.2) is 0 Å². The molecule has 0 bridgehead atoms. The Morgan fingerprint density at radius 1 is 1.32 bits per heavy atom. The SMILES string of the molecule is CCC(CO)NCc1cc(Cl)c(OCc2cccnc2)c(OC)c1.Cl. The summed E-state index contributed by atoms with van der Waals surface area (Å²) in [5.74, 6) is 1.10. The lowest BCUT2D eigenvalue weighted by Gasteiger charge is -2.17. The van der Waals surface area contributed by atoms with Gasteiger partial charge in [0, 0.05) is 30.5 Å². The van der Waals surface area contributed by atoms with Gasteiger partial charge in [0.15, 0.2) is 11.5 Å². The number of aromatic nitrogens is 1. The number of nitrogens with one attached hydrogen (secondary N) is 1. The maximum absolute atomic E-state index is 9.24. The van der Waals surface area contributed by atoms with Crippen LogP contribution < -0.4 is 14.8 Å². The van der Waals surface area contributed by atoms with E-state index in [1.807, 2.05) is 31.2 Å². The lowest BCUT2D eigenvalue weighted by atomic mass is 10.1. The first kappa shape index (κ1) is 21.5. The Morgan fingerprint density at radius 3 is 2.72 bits per heavy atom. The molecule has 0 saturated carbocycles. The summed E-state index contributed by atoms with van der Waals surface area (Å²) in [5.41, 5.74) is 1.92. The third-order valence-corrected chi connectivity index (χ3v) is 3.98. The van der Waals surface area contributed by atoms with Crippen molar-refractivity contribution in [3.8, 4) is 11.5 Å². The molecule has 2 aromatic rings. The van der Waals surface area contributed by atoms with E-state index in [0.29, 0.717) is 29.7 Å². The van der Waals surface area contributed by atoms with Gasteiger partial charge in [-0.15, -0.1) is 12.4 Å². The molecule has 1 atom stereocenters. The average Bonchev–Trinajstić information content (AvgIpc) is 2.62. The van der Waals surface area contributed by atoms with Crippen molar-refractivity contribution >= 4 is 24.0 Å². The van der Waals surface area contributed by atoms with Gasteiger partial charge in [-0.1, -0.05) is 24.6 Å². The number of aliphatic hydroxyl groups excluding tert-OH is 1. The standard InChI is InChI=1S/C18H23ClN2O3.ClH/c1-3-15(11-22)21-10-14-7-16(19)18(17(8-14)23-2)24-12-13-5-4-6-20-9-13;/h4-9,15,21-22H,3,10-12H2,1-2H3;1H. The van der Waals surface area contributed by atoms with Crippen molar-refractivity contribution in [2.24, 2.45) is 0 Å². The number of halogens is 2. The minimum Gasteiger partial charge on any atom is -0.493 e. The molecule has 138 valence electrons. The van der Waals surface area contributed by atoms with E-state index >= 15 is 0 Å². The average molecular weight is 387 g/mol. The highest BCUT2D eigenvalue weighted by Crippen LogP contribution is 2.37. The van der Waals surface area contributed by atoms with Crippen LogP contribution in [0.5, 0.6) is 11.5 Å². The molecule has 1 aromatic heterocycles. The fourth-order valence-corrected chi connectivity index (χ4v) is 2.54. The van der Waals surface area contributed by atoms with Crippen molar-refractivity contribution < 1.29 is 14.6 Å². The first-order chi connectivity index (χ1) is 11.7. The minimum atomic E-state index is 0. The molecule has 0 aliphatic carbocycles. The molecule has 2 N–H and O–H groups in total. The van der Waals surface area contributed by atoms with E-state index in [1.54, 1.807) is 19.5 Å². The van der Waals surface area contributed by atoms with E-state index in [2.05, 4.69) is 10.3 Å². The highest BCUT2D eigenvalue weighted by Gasteiger charge is 2.13. The summed E-state index contributed by atoms with van der Waals surface area (Å²) in [6.45, 7) is 3.09. The number of nitrogens with zero attached hydrogens (tertiary/aromatic N) is 1. The predicted molar refractivity (Wildman–Crippen MR) is 102 cm³/mol. The minimum absolute atomic E-state index is 0. The van der Waals surface area contributed by atoms with Crippen LogP contribution in [0.15, 0.2) is 36.7 Å². The van der Waals surface area contributed by atoms with E-state index in [4.69, 9.17) is 21.1 Å². The Kier molecular flexibility index (Phi) is 9.60. The van der Waals surface area contributed by atoms with Crippen LogP contribution in [-0.4, -0.2) is 29.8 Å². The molecule has 0 fully saturated rings. The van der Waals surface area contributed by atoms with Crippen LogP contribution in [0.1, 0.15) is 24.5 Å². The van der Waals surface area contributed by atoms with Crippen LogP contribution >= 0.6 is 24.0 Å². The molecular formula is C18H24Cl2N2O3. The van der Waals surface area contributed by atoms with Gasteiger partial charge in [0.2, 0.25) is 0 Å². The van der Waals surface area contributed by atoms with Crippen molar-refractivity contribution in [1.82, 2.24) is 10.3 Å². The lowest BCUT2D eigenvalue weighted by molar-refractivity contribution is 0.238. The second-order valence-electron chi connectivity index (χ2n) is 5.43. The van der Waals surface area contributed by atoms with Crippen molar-refractivity contribution in [1.29, 1.82) is 0 Å². The van der Waals surface area contributed by atoms with Gasteiger partial charge >= 0.3 is 0 Å². The first-order valence-corrected chi connectivity index (χ1v) is 8.28. The maximum Gasteiger partial charge on any atom is 0.180 e. The summed E-state index contributed by atoms with van der Waals surface area (Å²) in [6, 6.07) is 7.60.